The molecule has 5 heteroatoms. The van der Waals surface area contributed by atoms with Gasteiger partial charge in [0.25, 0.3) is 11.8 Å². The number of nitrogens with one attached hydrogen (secondary N) is 2. The number of fused-ring (bicyclic) bond motifs is 1. The fraction of sp³-hybridized carbons (Fsp3) is 0.263. The zero-order valence-electron chi connectivity index (χ0n) is 13.9. The minimum absolute atomic E-state index is 0.0192. The average Bonchev–Trinajstić information content (AvgIpc) is 2.95. The van der Waals surface area contributed by atoms with Crippen molar-refractivity contribution in [2.75, 3.05) is 14.1 Å². The van der Waals surface area contributed by atoms with E-state index in [1.165, 1.54) is 0 Å². The molecule has 0 saturated heterocycles. The monoisotopic (exact) mass is 324 g/mol. The van der Waals surface area contributed by atoms with Crippen molar-refractivity contribution < 1.29 is 14.3 Å². The Morgan fingerprint density at radius 3 is 2.29 bits per heavy atom. The van der Waals surface area contributed by atoms with Gasteiger partial charge in [0.1, 0.15) is 11.9 Å². The van der Waals surface area contributed by atoms with Crippen LogP contribution in [0.15, 0.2) is 42.5 Å². The van der Waals surface area contributed by atoms with E-state index in [1.807, 2.05) is 43.3 Å². The number of hydrogen-bond acceptors (Lipinski definition) is 3. The number of hydrogen-bond donors (Lipinski definition) is 2. The van der Waals surface area contributed by atoms with Gasteiger partial charge in [-0.25, -0.2) is 0 Å². The van der Waals surface area contributed by atoms with Crippen molar-refractivity contribution in [3.05, 3.63) is 64.7 Å². The molecule has 2 aromatic rings. The van der Waals surface area contributed by atoms with Gasteiger partial charge in [-0.2, -0.15) is 0 Å². The topological polar surface area (TPSA) is 67.4 Å². The third-order valence-corrected chi connectivity index (χ3v) is 4.35. The van der Waals surface area contributed by atoms with Crippen molar-refractivity contribution in [2.45, 2.75) is 18.9 Å². The molecule has 0 spiro atoms. The van der Waals surface area contributed by atoms with E-state index in [4.69, 9.17) is 4.74 Å². The Hall–Kier alpha value is -2.82. The molecule has 0 aromatic heterocycles. The van der Waals surface area contributed by atoms with Crippen molar-refractivity contribution >= 4 is 11.8 Å². The van der Waals surface area contributed by atoms with Crippen LogP contribution >= 0.6 is 0 Å². The lowest BCUT2D eigenvalue weighted by Gasteiger charge is -2.15. The van der Waals surface area contributed by atoms with E-state index in [-0.39, 0.29) is 23.8 Å². The number of ether oxygens (including phenoxy) is 1. The molecule has 0 fully saturated rings. The summed E-state index contributed by atoms with van der Waals surface area (Å²) in [7, 11) is 3.14. The molecule has 124 valence electrons. The summed E-state index contributed by atoms with van der Waals surface area (Å²) < 4.78 is 6.00. The highest BCUT2D eigenvalue weighted by atomic mass is 16.5. The van der Waals surface area contributed by atoms with E-state index >= 15 is 0 Å². The Morgan fingerprint density at radius 2 is 1.67 bits per heavy atom. The van der Waals surface area contributed by atoms with E-state index in [1.54, 1.807) is 20.2 Å². The van der Waals surface area contributed by atoms with E-state index in [9.17, 15) is 9.59 Å². The van der Waals surface area contributed by atoms with Crippen molar-refractivity contribution in [3.8, 4) is 5.75 Å². The first-order chi connectivity index (χ1) is 11.6. The Balaban J connectivity index is 2.20. The normalized spacial score (nSPS) is 18.5. The second-order valence-electron chi connectivity index (χ2n) is 5.81. The molecule has 5 nitrogen and oxygen atoms in total. The van der Waals surface area contributed by atoms with Gasteiger partial charge in [0.15, 0.2) is 0 Å². The molecule has 0 bridgehead atoms. The molecule has 0 radical (unpaired) electrons. The standard InChI is InChI=1S/C19H20N2O3/c1-11-16(12-7-5-4-6-8-12)14-9-13(18(22)20-2)10-15(17(14)24-11)19(23)21-3/h4-11,16H,1-3H3,(H,20,22)(H,21,23). The molecule has 24 heavy (non-hydrogen) atoms. The fourth-order valence-corrected chi connectivity index (χ4v) is 3.21. The minimum Gasteiger partial charge on any atom is -0.489 e. The van der Waals surface area contributed by atoms with E-state index in [2.05, 4.69) is 10.6 Å². The lowest BCUT2D eigenvalue weighted by Crippen LogP contribution is -2.22. The summed E-state index contributed by atoms with van der Waals surface area (Å²) in [5.41, 5.74) is 2.81. The third kappa shape index (κ3) is 2.62. The number of benzene rings is 2. The van der Waals surface area contributed by atoms with Gasteiger partial charge in [0, 0.05) is 31.1 Å². The van der Waals surface area contributed by atoms with Gasteiger partial charge in [0.2, 0.25) is 0 Å². The number of rotatable bonds is 3. The highest BCUT2D eigenvalue weighted by molar-refractivity contribution is 6.02. The summed E-state index contributed by atoms with van der Waals surface area (Å²) in [6, 6.07) is 13.4. The van der Waals surface area contributed by atoms with Crippen LogP contribution < -0.4 is 15.4 Å². The quantitative estimate of drug-likeness (QED) is 0.910. The van der Waals surface area contributed by atoms with E-state index < -0.39 is 0 Å². The van der Waals surface area contributed by atoms with Crippen LogP contribution in [0.25, 0.3) is 0 Å². The summed E-state index contributed by atoms with van der Waals surface area (Å²) in [5, 5.41) is 5.22. The van der Waals surface area contributed by atoms with Crippen LogP contribution in [0.5, 0.6) is 5.75 Å². The first kappa shape index (κ1) is 16.1. The summed E-state index contributed by atoms with van der Waals surface area (Å²) in [6.45, 7) is 1.98. The molecule has 2 atom stereocenters. The fourth-order valence-electron chi connectivity index (χ4n) is 3.21. The Kier molecular flexibility index (Phi) is 4.25. The predicted octanol–water partition coefficient (Wildman–Crippen LogP) is 2.32. The lowest BCUT2D eigenvalue weighted by molar-refractivity contribution is 0.0958. The predicted molar refractivity (Wildman–Crippen MR) is 91.6 cm³/mol. The second kappa shape index (κ2) is 6.35. The maximum absolute atomic E-state index is 12.3. The SMILES string of the molecule is CNC(=O)c1cc(C(=O)NC)c2c(c1)C(c1ccccc1)C(C)O2. The summed E-state index contributed by atoms with van der Waals surface area (Å²) >= 11 is 0. The van der Waals surface area contributed by atoms with Crippen LogP contribution in [0.3, 0.4) is 0 Å². The first-order valence-corrected chi connectivity index (χ1v) is 7.90. The van der Waals surface area contributed by atoms with Gasteiger partial charge in [0.05, 0.1) is 5.56 Å². The van der Waals surface area contributed by atoms with Crippen molar-refractivity contribution in [3.63, 3.8) is 0 Å². The average molecular weight is 324 g/mol. The zero-order chi connectivity index (χ0) is 17.3. The molecular weight excluding hydrogens is 304 g/mol. The lowest BCUT2D eigenvalue weighted by atomic mass is 9.87. The summed E-state index contributed by atoms with van der Waals surface area (Å²) in [6.07, 6.45) is -0.120. The molecule has 2 N–H and O–H groups in total. The molecule has 3 rings (SSSR count). The second-order valence-corrected chi connectivity index (χ2v) is 5.81. The van der Waals surface area contributed by atoms with Gasteiger partial charge in [-0.1, -0.05) is 30.3 Å². The number of carbonyl (C=O) groups is 2. The van der Waals surface area contributed by atoms with Gasteiger partial charge in [-0.05, 0) is 24.6 Å². The van der Waals surface area contributed by atoms with Crippen LogP contribution in [0.4, 0.5) is 0 Å². The molecule has 2 aromatic carbocycles. The molecule has 1 aliphatic rings. The van der Waals surface area contributed by atoms with Gasteiger partial charge < -0.3 is 15.4 Å². The molecular formula is C19H20N2O3. The number of amides is 2. The van der Waals surface area contributed by atoms with E-state index in [0.29, 0.717) is 16.9 Å². The third-order valence-electron chi connectivity index (χ3n) is 4.35. The largest absolute Gasteiger partial charge is 0.489 e. The Labute approximate surface area is 141 Å². The molecule has 2 unspecified atom stereocenters. The molecule has 0 aliphatic carbocycles. The molecule has 1 heterocycles. The Bertz CT molecular complexity index is 787. The van der Waals surface area contributed by atoms with Crippen molar-refractivity contribution in [1.82, 2.24) is 10.6 Å². The molecule has 2 amide bonds. The Morgan fingerprint density at radius 1 is 1.00 bits per heavy atom. The van der Waals surface area contributed by atoms with Crippen LogP contribution in [-0.2, 0) is 0 Å². The van der Waals surface area contributed by atoms with Gasteiger partial charge in [-0.3, -0.25) is 9.59 Å². The first-order valence-electron chi connectivity index (χ1n) is 7.90. The van der Waals surface area contributed by atoms with Crippen molar-refractivity contribution in [2.24, 2.45) is 0 Å². The van der Waals surface area contributed by atoms with Crippen molar-refractivity contribution in [1.29, 1.82) is 0 Å². The van der Waals surface area contributed by atoms with Crippen LogP contribution in [0, 0.1) is 0 Å². The maximum atomic E-state index is 12.3. The van der Waals surface area contributed by atoms with Gasteiger partial charge >= 0.3 is 0 Å². The summed E-state index contributed by atoms with van der Waals surface area (Å²) in [5.74, 6) is 0.0461. The molecule has 1 aliphatic heterocycles. The van der Waals surface area contributed by atoms with E-state index in [0.717, 1.165) is 11.1 Å². The smallest absolute Gasteiger partial charge is 0.254 e. The van der Waals surface area contributed by atoms with Crippen LogP contribution in [0.1, 0.15) is 44.7 Å². The maximum Gasteiger partial charge on any atom is 0.254 e. The van der Waals surface area contributed by atoms with Crippen LogP contribution in [-0.4, -0.2) is 32.0 Å². The number of carbonyl (C=O) groups excluding carboxylic acids is 2. The zero-order valence-corrected chi connectivity index (χ0v) is 13.9. The molecule has 0 saturated carbocycles. The highest BCUT2D eigenvalue weighted by Gasteiger charge is 2.36. The van der Waals surface area contributed by atoms with Gasteiger partial charge in [-0.15, -0.1) is 0 Å². The minimum atomic E-state index is -0.266. The highest BCUT2D eigenvalue weighted by Crippen LogP contribution is 2.44. The van der Waals surface area contributed by atoms with Crippen LogP contribution in [0.2, 0.25) is 0 Å². The summed E-state index contributed by atoms with van der Waals surface area (Å²) in [4.78, 5) is 24.4.